The first-order valence-corrected chi connectivity index (χ1v) is 7.63. The number of nitrogens with one attached hydrogen (secondary N) is 1. The summed E-state index contributed by atoms with van der Waals surface area (Å²) in [6, 6.07) is 1.47. The van der Waals surface area contributed by atoms with Crippen LogP contribution in [0.4, 0.5) is 0 Å². The molecule has 0 bridgehead atoms. The van der Waals surface area contributed by atoms with Crippen molar-refractivity contribution in [2.45, 2.75) is 25.8 Å². The van der Waals surface area contributed by atoms with Gasteiger partial charge in [-0.2, -0.15) is 0 Å². The average molecular weight is 414 g/mol. The number of amides is 1. The first-order valence-electron chi connectivity index (χ1n) is 6.87. The monoisotopic (exact) mass is 412 g/mol. The maximum absolute atomic E-state index is 12.2. The lowest BCUT2D eigenvalue weighted by molar-refractivity contribution is 0.0936. The van der Waals surface area contributed by atoms with Crippen LogP contribution in [0.15, 0.2) is 6.07 Å². The third kappa shape index (κ3) is 3.98. The Kier molecular flexibility index (Phi) is 7.25. The molecule has 1 amide bonds. The molecule has 3 N–H and O–H groups in total. The zero-order valence-corrected chi connectivity index (χ0v) is 15.3. The first-order chi connectivity index (χ1) is 9.95. The van der Waals surface area contributed by atoms with Gasteiger partial charge in [0, 0.05) is 12.6 Å². The van der Waals surface area contributed by atoms with Gasteiger partial charge >= 0.3 is 0 Å². The highest BCUT2D eigenvalue weighted by Crippen LogP contribution is 2.39. The molecule has 22 heavy (non-hydrogen) atoms. The van der Waals surface area contributed by atoms with Crippen LogP contribution in [-0.2, 0) is 0 Å². The molecule has 0 spiro atoms. The van der Waals surface area contributed by atoms with Gasteiger partial charge in [-0.3, -0.25) is 9.69 Å². The maximum Gasteiger partial charge on any atom is 0.259 e. The first kappa shape index (κ1) is 19.4. The van der Waals surface area contributed by atoms with E-state index in [0.717, 1.165) is 25.9 Å². The van der Waals surface area contributed by atoms with E-state index < -0.39 is 17.4 Å². The van der Waals surface area contributed by atoms with E-state index in [9.17, 15) is 15.0 Å². The van der Waals surface area contributed by atoms with Crippen LogP contribution < -0.4 is 5.32 Å². The predicted molar refractivity (Wildman–Crippen MR) is 92.7 cm³/mol. The fourth-order valence-electron chi connectivity index (χ4n) is 2.66. The van der Waals surface area contributed by atoms with Crippen molar-refractivity contribution in [2.75, 3.05) is 19.6 Å². The van der Waals surface area contributed by atoms with E-state index in [1.807, 2.05) is 0 Å². The number of carbonyl (C=O) groups excluding carboxylic acids is 1. The molecule has 1 aromatic carbocycles. The number of benzene rings is 1. The standard InChI is InChI=1S/C14H18Cl2N2O3.BrH/c1-2-18-5-3-4-8(18)7-17-14(21)11-12(19)9(15)6-10(16)13(11)20;/h6,8,19-20H,2-5,7H2,1H3,(H,17,21);1H. The Morgan fingerprint density at radius 3 is 2.50 bits per heavy atom. The lowest BCUT2D eigenvalue weighted by atomic mass is 10.1. The number of phenolic OH excluding ortho intramolecular Hbond substituents is 2. The Morgan fingerprint density at radius 1 is 1.36 bits per heavy atom. The summed E-state index contributed by atoms with van der Waals surface area (Å²) in [5, 5.41) is 22.3. The van der Waals surface area contributed by atoms with Gasteiger partial charge < -0.3 is 15.5 Å². The summed E-state index contributed by atoms with van der Waals surface area (Å²) >= 11 is 11.5. The molecule has 0 saturated carbocycles. The van der Waals surface area contributed by atoms with Crippen molar-refractivity contribution in [1.29, 1.82) is 0 Å². The summed E-state index contributed by atoms with van der Waals surface area (Å²) in [7, 11) is 0. The molecule has 1 aliphatic heterocycles. The maximum atomic E-state index is 12.2. The number of rotatable bonds is 4. The van der Waals surface area contributed by atoms with Gasteiger partial charge in [-0.1, -0.05) is 30.1 Å². The lowest BCUT2D eigenvalue weighted by Gasteiger charge is -2.23. The third-order valence-electron chi connectivity index (χ3n) is 3.81. The number of hydrogen-bond acceptors (Lipinski definition) is 4. The second kappa shape index (κ2) is 8.24. The zero-order valence-electron chi connectivity index (χ0n) is 12.1. The van der Waals surface area contributed by atoms with Crippen LogP contribution in [0, 0.1) is 0 Å². The molecule has 5 nitrogen and oxygen atoms in total. The van der Waals surface area contributed by atoms with E-state index >= 15 is 0 Å². The van der Waals surface area contributed by atoms with Crippen LogP contribution in [0.25, 0.3) is 0 Å². The molecule has 1 atom stereocenters. The molecule has 8 heteroatoms. The molecule has 2 rings (SSSR count). The summed E-state index contributed by atoms with van der Waals surface area (Å²) < 4.78 is 0. The molecule has 0 aromatic heterocycles. The minimum absolute atomic E-state index is 0. The molecular weight excluding hydrogens is 395 g/mol. The van der Waals surface area contributed by atoms with Gasteiger partial charge in [-0.25, -0.2) is 0 Å². The summed E-state index contributed by atoms with van der Waals surface area (Å²) in [5.74, 6) is -1.51. The van der Waals surface area contributed by atoms with Crippen LogP contribution >= 0.6 is 40.2 Å². The van der Waals surface area contributed by atoms with Crippen LogP contribution in [0.3, 0.4) is 0 Å². The summed E-state index contributed by atoms with van der Waals surface area (Å²) in [4.78, 5) is 14.5. The second-order valence-electron chi connectivity index (χ2n) is 5.05. The lowest BCUT2D eigenvalue weighted by Crippen LogP contribution is -2.40. The molecule has 1 unspecified atom stereocenters. The van der Waals surface area contributed by atoms with Crippen molar-refractivity contribution in [2.24, 2.45) is 0 Å². The highest BCUT2D eigenvalue weighted by Gasteiger charge is 2.26. The molecule has 1 aliphatic rings. The highest BCUT2D eigenvalue weighted by atomic mass is 79.9. The SMILES string of the molecule is Br.CCN1CCCC1CNC(=O)c1c(O)c(Cl)cc(Cl)c1O. The van der Waals surface area contributed by atoms with Gasteiger partial charge in [0.05, 0.1) is 10.0 Å². The quantitative estimate of drug-likeness (QED) is 0.708. The van der Waals surface area contributed by atoms with Gasteiger partial charge in [-0.15, -0.1) is 17.0 Å². The molecule has 1 fully saturated rings. The number of phenols is 2. The number of likely N-dealkylation sites (tertiary alicyclic amines) is 1. The Bertz CT molecular complexity index is 531. The minimum Gasteiger partial charge on any atom is -0.505 e. The van der Waals surface area contributed by atoms with Crippen molar-refractivity contribution in [1.82, 2.24) is 10.2 Å². The fourth-order valence-corrected chi connectivity index (χ4v) is 3.12. The number of aromatic hydroxyl groups is 2. The zero-order chi connectivity index (χ0) is 15.6. The van der Waals surface area contributed by atoms with Gasteiger partial charge in [-0.05, 0) is 32.0 Å². The van der Waals surface area contributed by atoms with Crippen molar-refractivity contribution >= 4 is 46.1 Å². The van der Waals surface area contributed by atoms with Crippen LogP contribution in [0.5, 0.6) is 11.5 Å². The molecule has 124 valence electrons. The van der Waals surface area contributed by atoms with E-state index in [0.29, 0.717) is 6.54 Å². The van der Waals surface area contributed by atoms with Crippen molar-refractivity contribution in [3.8, 4) is 11.5 Å². The molecule has 1 aromatic rings. The molecule has 1 heterocycles. The predicted octanol–water partition coefficient (Wildman–Crippen LogP) is 3.20. The smallest absolute Gasteiger partial charge is 0.259 e. The second-order valence-corrected chi connectivity index (χ2v) is 5.86. The number of likely N-dealkylation sites (N-methyl/N-ethyl adjacent to an activating group) is 1. The topological polar surface area (TPSA) is 72.8 Å². The van der Waals surface area contributed by atoms with Crippen LogP contribution in [-0.4, -0.2) is 46.7 Å². The largest absolute Gasteiger partial charge is 0.505 e. The molecule has 1 saturated heterocycles. The Balaban J connectivity index is 0.00000242. The van der Waals surface area contributed by atoms with E-state index in [1.54, 1.807) is 0 Å². The van der Waals surface area contributed by atoms with Crippen molar-refractivity contribution in [3.63, 3.8) is 0 Å². The van der Waals surface area contributed by atoms with Crippen LogP contribution in [0.1, 0.15) is 30.1 Å². The Morgan fingerprint density at radius 2 is 1.95 bits per heavy atom. The molecular formula is C14H19BrCl2N2O3. The minimum atomic E-state index is -0.586. The van der Waals surface area contributed by atoms with E-state index in [-0.39, 0.29) is 38.6 Å². The third-order valence-corrected chi connectivity index (χ3v) is 4.39. The van der Waals surface area contributed by atoms with Gasteiger partial charge in [0.15, 0.2) is 11.5 Å². The summed E-state index contributed by atoms with van der Waals surface area (Å²) in [6.45, 7) is 4.49. The fraction of sp³-hybridized carbons (Fsp3) is 0.500. The van der Waals surface area contributed by atoms with Crippen LogP contribution in [0.2, 0.25) is 10.0 Å². The van der Waals surface area contributed by atoms with Gasteiger partial charge in [0.1, 0.15) is 5.56 Å². The summed E-state index contributed by atoms with van der Waals surface area (Å²) in [5.41, 5.74) is -0.284. The van der Waals surface area contributed by atoms with Gasteiger partial charge in [0.25, 0.3) is 5.91 Å². The number of nitrogens with zero attached hydrogens (tertiary/aromatic N) is 1. The Hall–Kier alpha value is -0.690. The normalized spacial score (nSPS) is 18.0. The number of carbonyl (C=O) groups is 1. The summed E-state index contributed by atoms with van der Waals surface area (Å²) in [6.07, 6.45) is 2.12. The average Bonchev–Trinajstić information content (AvgIpc) is 2.90. The Labute approximate surface area is 150 Å². The van der Waals surface area contributed by atoms with E-state index in [2.05, 4.69) is 17.1 Å². The van der Waals surface area contributed by atoms with Crippen molar-refractivity contribution < 1.29 is 15.0 Å². The van der Waals surface area contributed by atoms with Gasteiger partial charge in [0.2, 0.25) is 0 Å². The van der Waals surface area contributed by atoms with E-state index in [4.69, 9.17) is 23.2 Å². The number of hydrogen-bond donors (Lipinski definition) is 3. The molecule has 0 aliphatic carbocycles. The number of halogens is 3. The van der Waals surface area contributed by atoms with Crippen molar-refractivity contribution in [3.05, 3.63) is 21.7 Å². The molecule has 0 radical (unpaired) electrons. The van der Waals surface area contributed by atoms with E-state index in [1.165, 1.54) is 6.07 Å². The highest BCUT2D eigenvalue weighted by molar-refractivity contribution is 8.93.